The Labute approximate surface area is 187 Å². The van der Waals surface area contributed by atoms with Gasteiger partial charge in [-0.3, -0.25) is 4.79 Å². The summed E-state index contributed by atoms with van der Waals surface area (Å²) < 4.78 is 43.8. The van der Waals surface area contributed by atoms with Crippen LogP contribution in [0.4, 0.5) is 4.39 Å². The molecular formula is C24H25FN2O4S. The van der Waals surface area contributed by atoms with Crippen LogP contribution in [0.25, 0.3) is 0 Å². The first-order valence-electron chi connectivity index (χ1n) is 9.96. The van der Waals surface area contributed by atoms with E-state index < -0.39 is 22.0 Å². The molecule has 0 heterocycles. The highest BCUT2D eigenvalue weighted by molar-refractivity contribution is 7.88. The van der Waals surface area contributed by atoms with Crippen molar-refractivity contribution in [2.24, 2.45) is 0 Å². The van der Waals surface area contributed by atoms with Crippen molar-refractivity contribution < 1.29 is 22.3 Å². The number of benzene rings is 3. The Morgan fingerprint density at radius 1 is 0.969 bits per heavy atom. The maximum Gasteiger partial charge on any atom is 0.243 e. The number of ether oxygens (including phenoxy) is 1. The number of carbonyl (C=O) groups excluding carboxylic acids is 1. The molecule has 1 amide bonds. The molecule has 0 aliphatic heterocycles. The number of halogens is 1. The number of likely N-dealkylation sites (N-methyl/N-ethyl adjacent to an activating group) is 1. The maximum absolute atomic E-state index is 13.0. The predicted octanol–water partition coefficient (Wildman–Crippen LogP) is 3.65. The molecule has 6 nitrogen and oxygen atoms in total. The number of nitrogens with one attached hydrogen (secondary N) is 1. The Kier molecular flexibility index (Phi) is 7.61. The second-order valence-electron chi connectivity index (χ2n) is 7.37. The van der Waals surface area contributed by atoms with Gasteiger partial charge in [0, 0.05) is 13.6 Å². The second kappa shape index (κ2) is 10.4. The Hall–Kier alpha value is -3.23. The van der Waals surface area contributed by atoms with E-state index in [2.05, 4.69) is 5.32 Å². The fourth-order valence-corrected chi connectivity index (χ4v) is 3.69. The van der Waals surface area contributed by atoms with Crippen molar-refractivity contribution in [2.75, 3.05) is 13.3 Å². The van der Waals surface area contributed by atoms with Crippen LogP contribution >= 0.6 is 0 Å². The van der Waals surface area contributed by atoms with Crippen molar-refractivity contribution in [3.8, 4) is 5.75 Å². The van der Waals surface area contributed by atoms with Gasteiger partial charge in [0.15, 0.2) is 0 Å². The van der Waals surface area contributed by atoms with E-state index in [0.29, 0.717) is 17.9 Å². The summed E-state index contributed by atoms with van der Waals surface area (Å²) in [4.78, 5) is 12.9. The number of amides is 1. The van der Waals surface area contributed by atoms with Gasteiger partial charge in [0.2, 0.25) is 15.9 Å². The fraction of sp³-hybridized carbons (Fsp3) is 0.208. The summed E-state index contributed by atoms with van der Waals surface area (Å²) in [6.07, 6.45) is 1.07. The zero-order chi connectivity index (χ0) is 23.1. The average Bonchev–Trinajstić information content (AvgIpc) is 2.78. The van der Waals surface area contributed by atoms with Gasteiger partial charge in [-0.15, -0.1) is 0 Å². The van der Waals surface area contributed by atoms with E-state index in [1.165, 1.54) is 19.2 Å². The van der Waals surface area contributed by atoms with Crippen molar-refractivity contribution in [2.45, 2.75) is 19.2 Å². The molecule has 0 aliphatic rings. The first-order valence-corrected chi connectivity index (χ1v) is 11.8. The van der Waals surface area contributed by atoms with Crippen LogP contribution in [0.15, 0.2) is 78.9 Å². The monoisotopic (exact) mass is 456 g/mol. The van der Waals surface area contributed by atoms with Crippen LogP contribution in [0.1, 0.15) is 22.7 Å². The summed E-state index contributed by atoms with van der Waals surface area (Å²) >= 11 is 0. The molecular weight excluding hydrogens is 431 g/mol. The highest BCUT2D eigenvalue weighted by Gasteiger charge is 2.30. The van der Waals surface area contributed by atoms with Gasteiger partial charge in [-0.2, -0.15) is 4.31 Å². The third-order valence-electron chi connectivity index (χ3n) is 4.96. The SMILES string of the molecule is CN([C@H](C(=O)NCc1ccc(OCc2ccc(F)cc2)cc1)c1ccccc1)S(C)(=O)=O. The van der Waals surface area contributed by atoms with Crippen LogP contribution in [0.3, 0.4) is 0 Å². The fourth-order valence-electron chi connectivity index (χ4n) is 3.09. The Morgan fingerprint density at radius 2 is 1.56 bits per heavy atom. The smallest absolute Gasteiger partial charge is 0.243 e. The molecule has 0 saturated carbocycles. The van der Waals surface area contributed by atoms with Gasteiger partial charge in [0.25, 0.3) is 0 Å². The van der Waals surface area contributed by atoms with Crippen LogP contribution in [-0.4, -0.2) is 31.9 Å². The molecule has 1 atom stereocenters. The molecule has 168 valence electrons. The van der Waals surface area contributed by atoms with Gasteiger partial charge in [-0.25, -0.2) is 12.8 Å². The maximum atomic E-state index is 13.0. The number of rotatable bonds is 9. The molecule has 3 rings (SSSR count). The van der Waals surface area contributed by atoms with E-state index in [1.807, 2.05) is 12.1 Å². The molecule has 0 fully saturated rings. The molecule has 3 aromatic rings. The van der Waals surface area contributed by atoms with Gasteiger partial charge in [0.05, 0.1) is 6.26 Å². The number of hydrogen-bond acceptors (Lipinski definition) is 4. The first-order chi connectivity index (χ1) is 15.2. The summed E-state index contributed by atoms with van der Waals surface area (Å²) in [6, 6.07) is 21.1. The minimum Gasteiger partial charge on any atom is -0.489 e. The van der Waals surface area contributed by atoms with Crippen LogP contribution in [0.5, 0.6) is 5.75 Å². The van der Waals surface area contributed by atoms with Crippen molar-refractivity contribution >= 4 is 15.9 Å². The number of sulfonamides is 1. The Bertz CT molecular complexity index is 1130. The molecule has 0 unspecified atom stereocenters. The average molecular weight is 457 g/mol. The number of nitrogens with zero attached hydrogens (tertiary/aromatic N) is 1. The van der Waals surface area contributed by atoms with Gasteiger partial charge in [-0.1, -0.05) is 54.6 Å². The summed E-state index contributed by atoms with van der Waals surface area (Å²) in [7, 11) is -2.19. The summed E-state index contributed by atoms with van der Waals surface area (Å²) in [5.74, 6) is -0.0680. The van der Waals surface area contributed by atoms with E-state index in [0.717, 1.165) is 21.7 Å². The van der Waals surface area contributed by atoms with Crippen molar-refractivity contribution in [1.29, 1.82) is 0 Å². The molecule has 32 heavy (non-hydrogen) atoms. The summed E-state index contributed by atoms with van der Waals surface area (Å²) in [5.41, 5.74) is 2.27. The van der Waals surface area contributed by atoms with Gasteiger partial charge < -0.3 is 10.1 Å². The molecule has 0 aliphatic carbocycles. The van der Waals surface area contributed by atoms with Crippen LogP contribution in [-0.2, 0) is 28.0 Å². The lowest BCUT2D eigenvalue weighted by molar-refractivity contribution is -0.124. The molecule has 0 bridgehead atoms. The lowest BCUT2D eigenvalue weighted by Gasteiger charge is -2.25. The third kappa shape index (κ3) is 6.38. The Balaban J connectivity index is 1.61. The Morgan fingerprint density at radius 3 is 2.16 bits per heavy atom. The van der Waals surface area contributed by atoms with Gasteiger partial charge in [-0.05, 0) is 41.0 Å². The molecule has 0 radical (unpaired) electrons. The molecule has 0 saturated heterocycles. The number of hydrogen-bond donors (Lipinski definition) is 1. The number of carbonyl (C=O) groups is 1. The zero-order valence-electron chi connectivity index (χ0n) is 17.9. The van der Waals surface area contributed by atoms with Crippen molar-refractivity contribution in [3.63, 3.8) is 0 Å². The lowest BCUT2D eigenvalue weighted by atomic mass is 10.1. The lowest BCUT2D eigenvalue weighted by Crippen LogP contribution is -2.41. The summed E-state index contributed by atoms with van der Waals surface area (Å²) in [6.45, 7) is 0.547. The van der Waals surface area contributed by atoms with Gasteiger partial charge in [0.1, 0.15) is 24.2 Å². The molecule has 0 aromatic heterocycles. The van der Waals surface area contributed by atoms with E-state index in [1.54, 1.807) is 54.6 Å². The first kappa shape index (κ1) is 23.4. The van der Waals surface area contributed by atoms with E-state index >= 15 is 0 Å². The van der Waals surface area contributed by atoms with E-state index in [4.69, 9.17) is 4.74 Å². The molecule has 1 N–H and O–H groups in total. The topological polar surface area (TPSA) is 75.7 Å². The highest BCUT2D eigenvalue weighted by Crippen LogP contribution is 2.22. The molecule has 8 heteroatoms. The van der Waals surface area contributed by atoms with Gasteiger partial charge >= 0.3 is 0 Å². The quantitative estimate of drug-likeness (QED) is 0.533. The van der Waals surface area contributed by atoms with Crippen molar-refractivity contribution in [3.05, 3.63) is 101 Å². The second-order valence-corrected chi connectivity index (χ2v) is 9.41. The van der Waals surface area contributed by atoms with E-state index in [-0.39, 0.29) is 12.4 Å². The summed E-state index contributed by atoms with van der Waals surface area (Å²) in [5, 5.41) is 2.81. The minimum atomic E-state index is -3.58. The van der Waals surface area contributed by atoms with E-state index in [9.17, 15) is 17.6 Å². The third-order valence-corrected chi connectivity index (χ3v) is 6.22. The van der Waals surface area contributed by atoms with Crippen LogP contribution in [0.2, 0.25) is 0 Å². The zero-order valence-corrected chi connectivity index (χ0v) is 18.7. The predicted molar refractivity (Wildman–Crippen MR) is 121 cm³/mol. The van der Waals surface area contributed by atoms with Crippen molar-refractivity contribution in [1.82, 2.24) is 9.62 Å². The molecule has 3 aromatic carbocycles. The standard InChI is InChI=1S/C24H25FN2O4S/c1-27(32(2,29)30)23(20-6-4-3-5-7-20)24(28)26-16-18-10-14-22(15-11-18)31-17-19-8-12-21(25)13-9-19/h3-15,23H,16-17H2,1-2H3,(H,26,28)/t23-/m0/s1. The minimum absolute atomic E-state index is 0.234. The van der Waals surface area contributed by atoms with Crippen LogP contribution in [0, 0.1) is 5.82 Å². The van der Waals surface area contributed by atoms with Crippen LogP contribution < -0.4 is 10.1 Å². The normalized spacial score (nSPS) is 12.4. The molecule has 0 spiro atoms. The highest BCUT2D eigenvalue weighted by atomic mass is 32.2. The largest absolute Gasteiger partial charge is 0.489 e.